The van der Waals surface area contributed by atoms with E-state index in [0.717, 1.165) is 0 Å². The summed E-state index contributed by atoms with van der Waals surface area (Å²) in [6.45, 7) is 2.23. The molecule has 0 aromatic heterocycles. The fraction of sp³-hybridized carbons (Fsp3) is 0.778. The average molecular weight is 230 g/mol. The number of nitrogens with two attached hydrogens (primary N) is 1. The second-order valence-corrected chi connectivity index (χ2v) is 3.81. The van der Waals surface area contributed by atoms with E-state index < -0.39 is 12.3 Å². The Kier molecular flexibility index (Phi) is 4.66. The number of aliphatic hydroxyl groups is 2. The van der Waals surface area contributed by atoms with Gasteiger partial charge in [0.1, 0.15) is 6.04 Å². The molecule has 0 aromatic rings. The number of guanidine groups is 1. The lowest BCUT2D eigenvalue weighted by molar-refractivity contribution is -0.119. The van der Waals surface area contributed by atoms with Crippen LogP contribution in [0.2, 0.25) is 0 Å². The number of amides is 1. The Labute approximate surface area is 93.7 Å². The van der Waals surface area contributed by atoms with Gasteiger partial charge in [-0.05, 0) is 19.8 Å². The zero-order valence-electron chi connectivity index (χ0n) is 9.18. The SMILES string of the molecule is CC1NC(=NCCCC(N)C(O)O)NC1=O. The molecule has 1 fully saturated rings. The third kappa shape index (κ3) is 3.76. The van der Waals surface area contributed by atoms with Crippen LogP contribution in [0.15, 0.2) is 4.99 Å². The Hall–Kier alpha value is -1.18. The van der Waals surface area contributed by atoms with Gasteiger partial charge in [0.25, 0.3) is 0 Å². The maximum Gasteiger partial charge on any atom is 0.248 e. The summed E-state index contributed by atoms with van der Waals surface area (Å²) in [5, 5.41) is 22.9. The van der Waals surface area contributed by atoms with Crippen LogP contribution in [0.1, 0.15) is 19.8 Å². The molecular weight excluding hydrogens is 212 g/mol. The first-order chi connectivity index (χ1) is 7.50. The van der Waals surface area contributed by atoms with Crippen LogP contribution in [0.4, 0.5) is 0 Å². The molecule has 1 amide bonds. The lowest BCUT2D eigenvalue weighted by Crippen LogP contribution is -2.34. The van der Waals surface area contributed by atoms with Crippen LogP contribution in [0.3, 0.4) is 0 Å². The molecule has 0 aliphatic carbocycles. The summed E-state index contributed by atoms with van der Waals surface area (Å²) in [5.74, 6) is 0.372. The van der Waals surface area contributed by atoms with E-state index in [0.29, 0.717) is 25.3 Å². The standard InChI is InChI=1S/C9H18N4O3/c1-5-7(14)13-9(12-5)11-4-2-3-6(10)8(15)16/h5-6,8,15-16H,2-4,10H2,1H3,(H2,11,12,13,14). The smallest absolute Gasteiger partial charge is 0.248 e. The first-order valence-corrected chi connectivity index (χ1v) is 5.24. The molecule has 0 aromatic carbocycles. The molecule has 0 saturated carbocycles. The summed E-state index contributed by atoms with van der Waals surface area (Å²) in [4.78, 5) is 15.2. The van der Waals surface area contributed by atoms with Crippen molar-refractivity contribution >= 4 is 11.9 Å². The van der Waals surface area contributed by atoms with Crippen molar-refractivity contribution in [3.8, 4) is 0 Å². The molecule has 1 heterocycles. The van der Waals surface area contributed by atoms with Gasteiger partial charge >= 0.3 is 0 Å². The number of hydrogen-bond donors (Lipinski definition) is 5. The summed E-state index contributed by atoms with van der Waals surface area (Å²) in [6.07, 6.45) is -0.386. The molecule has 2 atom stereocenters. The minimum atomic E-state index is -1.49. The molecule has 1 aliphatic rings. The van der Waals surface area contributed by atoms with E-state index in [1.807, 2.05) is 0 Å². The molecule has 0 bridgehead atoms. The molecule has 1 rings (SSSR count). The highest BCUT2D eigenvalue weighted by Gasteiger charge is 2.22. The largest absolute Gasteiger partial charge is 0.367 e. The topological polar surface area (TPSA) is 120 Å². The molecule has 1 aliphatic heterocycles. The van der Waals surface area contributed by atoms with E-state index in [4.69, 9.17) is 15.9 Å². The third-order valence-electron chi connectivity index (χ3n) is 2.34. The van der Waals surface area contributed by atoms with Gasteiger partial charge in [-0.2, -0.15) is 0 Å². The van der Waals surface area contributed by atoms with E-state index in [1.165, 1.54) is 0 Å². The van der Waals surface area contributed by atoms with Crippen LogP contribution in [0.5, 0.6) is 0 Å². The van der Waals surface area contributed by atoms with Gasteiger partial charge < -0.3 is 21.3 Å². The molecule has 6 N–H and O–H groups in total. The van der Waals surface area contributed by atoms with Gasteiger partial charge in [0.15, 0.2) is 12.2 Å². The highest BCUT2D eigenvalue weighted by atomic mass is 16.5. The summed E-state index contributed by atoms with van der Waals surface area (Å²) >= 11 is 0. The predicted octanol–water partition coefficient (Wildman–Crippen LogP) is -2.13. The molecule has 2 unspecified atom stereocenters. The molecule has 7 nitrogen and oxygen atoms in total. The predicted molar refractivity (Wildman–Crippen MR) is 58.5 cm³/mol. The van der Waals surface area contributed by atoms with Crippen LogP contribution in [0, 0.1) is 0 Å². The zero-order valence-corrected chi connectivity index (χ0v) is 9.18. The maximum atomic E-state index is 11.1. The summed E-state index contributed by atoms with van der Waals surface area (Å²) in [5.41, 5.74) is 5.42. The van der Waals surface area contributed by atoms with Crippen molar-refractivity contribution in [1.82, 2.24) is 10.6 Å². The number of rotatable bonds is 5. The van der Waals surface area contributed by atoms with E-state index in [9.17, 15) is 4.79 Å². The minimum absolute atomic E-state index is 0.0961. The van der Waals surface area contributed by atoms with E-state index >= 15 is 0 Å². The Morgan fingerprint density at radius 2 is 2.25 bits per heavy atom. The molecular formula is C9H18N4O3. The molecule has 0 spiro atoms. The highest BCUT2D eigenvalue weighted by molar-refractivity contribution is 6.06. The maximum absolute atomic E-state index is 11.1. The van der Waals surface area contributed by atoms with Crippen molar-refractivity contribution in [3.05, 3.63) is 0 Å². The molecule has 7 heteroatoms. The van der Waals surface area contributed by atoms with E-state index in [-0.39, 0.29) is 11.9 Å². The summed E-state index contributed by atoms with van der Waals surface area (Å²) < 4.78 is 0. The number of nitrogens with zero attached hydrogens (tertiary/aromatic N) is 1. The quantitative estimate of drug-likeness (QED) is 0.273. The van der Waals surface area contributed by atoms with Crippen LogP contribution in [-0.2, 0) is 4.79 Å². The van der Waals surface area contributed by atoms with Crippen molar-refractivity contribution in [2.45, 2.75) is 38.1 Å². The highest BCUT2D eigenvalue weighted by Crippen LogP contribution is 1.99. The Bertz CT molecular complexity index is 280. The molecule has 92 valence electrons. The van der Waals surface area contributed by atoms with Crippen molar-refractivity contribution in [3.63, 3.8) is 0 Å². The average Bonchev–Trinajstić information content (AvgIpc) is 2.53. The first-order valence-electron chi connectivity index (χ1n) is 5.24. The first kappa shape index (κ1) is 12.9. The summed E-state index contributed by atoms with van der Waals surface area (Å²) in [7, 11) is 0. The fourth-order valence-corrected chi connectivity index (χ4v) is 1.28. The molecule has 1 saturated heterocycles. The monoisotopic (exact) mass is 230 g/mol. The van der Waals surface area contributed by atoms with Gasteiger partial charge in [-0.1, -0.05) is 0 Å². The van der Waals surface area contributed by atoms with Gasteiger partial charge in [-0.25, -0.2) is 0 Å². The molecule has 0 radical (unpaired) electrons. The van der Waals surface area contributed by atoms with Crippen LogP contribution >= 0.6 is 0 Å². The van der Waals surface area contributed by atoms with Crippen molar-refractivity contribution < 1.29 is 15.0 Å². The van der Waals surface area contributed by atoms with Crippen LogP contribution in [0.25, 0.3) is 0 Å². The number of hydrogen-bond acceptors (Lipinski definition) is 5. The number of aliphatic imine (C=N–C) groups is 1. The van der Waals surface area contributed by atoms with E-state index in [2.05, 4.69) is 15.6 Å². The Balaban J connectivity index is 2.20. The number of carbonyl (C=O) groups excluding carboxylic acids is 1. The van der Waals surface area contributed by atoms with Crippen LogP contribution < -0.4 is 16.4 Å². The Morgan fingerprint density at radius 1 is 1.56 bits per heavy atom. The third-order valence-corrected chi connectivity index (χ3v) is 2.34. The second-order valence-electron chi connectivity index (χ2n) is 3.81. The zero-order chi connectivity index (χ0) is 12.1. The number of nitrogens with one attached hydrogen (secondary N) is 2. The van der Waals surface area contributed by atoms with Gasteiger partial charge in [-0.15, -0.1) is 0 Å². The van der Waals surface area contributed by atoms with Gasteiger partial charge in [0.2, 0.25) is 5.91 Å². The fourth-order valence-electron chi connectivity index (χ4n) is 1.28. The second kappa shape index (κ2) is 5.78. The number of aliphatic hydroxyl groups excluding tert-OH is 1. The van der Waals surface area contributed by atoms with Gasteiger partial charge in [0.05, 0.1) is 6.04 Å². The molecule has 16 heavy (non-hydrogen) atoms. The van der Waals surface area contributed by atoms with Gasteiger partial charge in [-0.3, -0.25) is 15.1 Å². The van der Waals surface area contributed by atoms with Crippen molar-refractivity contribution in [2.75, 3.05) is 6.54 Å². The van der Waals surface area contributed by atoms with Crippen LogP contribution in [-0.4, -0.2) is 47.0 Å². The van der Waals surface area contributed by atoms with E-state index in [1.54, 1.807) is 6.92 Å². The minimum Gasteiger partial charge on any atom is -0.367 e. The summed E-state index contributed by atoms with van der Waals surface area (Å²) in [6, 6.07) is -0.898. The lowest BCUT2D eigenvalue weighted by atomic mass is 10.1. The lowest BCUT2D eigenvalue weighted by Gasteiger charge is -2.12. The Morgan fingerprint density at radius 3 is 2.75 bits per heavy atom. The number of carbonyl (C=O) groups is 1. The van der Waals surface area contributed by atoms with Crippen molar-refractivity contribution in [1.29, 1.82) is 0 Å². The van der Waals surface area contributed by atoms with Crippen molar-refractivity contribution in [2.24, 2.45) is 10.7 Å². The van der Waals surface area contributed by atoms with Gasteiger partial charge in [0, 0.05) is 6.54 Å². The normalized spacial score (nSPS) is 24.7.